The van der Waals surface area contributed by atoms with E-state index >= 15 is 0 Å². The van der Waals surface area contributed by atoms with Gasteiger partial charge in [-0.1, -0.05) is 38.1 Å². The van der Waals surface area contributed by atoms with Crippen LogP contribution in [-0.2, 0) is 9.47 Å². The normalized spacial score (nSPS) is 19.3. The van der Waals surface area contributed by atoms with Crippen molar-refractivity contribution in [2.45, 2.75) is 51.6 Å². The average molecular weight is 605 g/mol. The van der Waals surface area contributed by atoms with Crippen molar-refractivity contribution in [3.63, 3.8) is 0 Å². The number of imidazole rings is 2. The number of benzene rings is 2. The van der Waals surface area contributed by atoms with Crippen molar-refractivity contribution < 1.29 is 28.7 Å². The molecule has 2 N–H and O–H groups in total. The quantitative estimate of drug-likeness (QED) is 0.308. The summed E-state index contributed by atoms with van der Waals surface area (Å²) in [6, 6.07) is 12.7. The van der Waals surface area contributed by atoms with Crippen molar-refractivity contribution in [2.24, 2.45) is 5.41 Å². The van der Waals surface area contributed by atoms with Crippen LogP contribution >= 0.6 is 0 Å². The number of carbonyl (C=O) groups is 4. The number of hydrogen-bond donors (Lipinski definition) is 2. The number of nitrogens with one attached hydrogen (secondary N) is 2. The van der Waals surface area contributed by atoms with E-state index in [9.17, 15) is 19.2 Å². The number of aromatic nitrogens is 4. The number of hydrogen-bond acceptors (Lipinski definition) is 8. The second-order valence-electron chi connectivity index (χ2n) is 12.0. The van der Waals surface area contributed by atoms with Crippen molar-refractivity contribution in [3.05, 3.63) is 54.9 Å². The van der Waals surface area contributed by atoms with Crippen molar-refractivity contribution in [3.8, 4) is 0 Å². The number of methoxy groups -OCH3 is 2. The molecule has 2 unspecified atom stereocenters. The summed E-state index contributed by atoms with van der Waals surface area (Å²) in [4.78, 5) is 63.3. The van der Waals surface area contributed by atoms with Crippen LogP contribution in [0.1, 0.15) is 40.0 Å². The van der Waals surface area contributed by atoms with Crippen LogP contribution in [0.5, 0.6) is 0 Å². The lowest BCUT2D eigenvalue weighted by Gasteiger charge is -2.52. The van der Waals surface area contributed by atoms with Crippen molar-refractivity contribution in [1.29, 1.82) is 0 Å². The number of carbonyl (C=O) groups excluding carboxylic acids is 4. The van der Waals surface area contributed by atoms with E-state index in [2.05, 4.69) is 34.6 Å². The van der Waals surface area contributed by atoms with Crippen molar-refractivity contribution >= 4 is 52.3 Å². The fraction of sp³-hybridized carbons (Fsp3) is 0.400. The summed E-state index contributed by atoms with van der Waals surface area (Å²) < 4.78 is 12.3. The Labute approximate surface area is 253 Å². The molecule has 14 nitrogen and oxygen atoms in total. The van der Waals surface area contributed by atoms with Gasteiger partial charge in [-0.25, -0.2) is 48.7 Å². The Morgan fingerprint density at radius 3 is 2.20 bits per heavy atom. The molecule has 4 amide bonds. The van der Waals surface area contributed by atoms with Gasteiger partial charge < -0.3 is 14.4 Å². The molecule has 5 rings (SSSR count). The molecule has 44 heavy (non-hydrogen) atoms. The highest BCUT2D eigenvalue weighted by atomic mass is 16.5. The van der Waals surface area contributed by atoms with Gasteiger partial charge in [0.2, 0.25) is 5.95 Å². The summed E-state index contributed by atoms with van der Waals surface area (Å²) in [5.74, 6) is 0.0151. The second-order valence-corrected chi connectivity index (χ2v) is 12.0. The standard InChI is InChI=1S/C30H36N8O6/c1-29(2)15-19(38(34-26(40)44-6)28(42)36-18-31-20-11-7-9-13-22(20)36)16-30(3,17-29)35(4)27(41)37-23-14-10-8-12-21(23)32-24(37)33-25(39)43-5/h7-14,18-19H,15-17H2,1-6H3,(H,34,40)(H,32,33,39). The number of anilines is 1. The first kappa shape index (κ1) is 30.3. The Balaban J connectivity index is 1.52. The molecule has 0 bridgehead atoms. The molecular formula is C30H36N8O6. The first-order valence-corrected chi connectivity index (χ1v) is 14.1. The smallest absolute Gasteiger partial charge is 0.425 e. The monoisotopic (exact) mass is 604 g/mol. The molecular weight excluding hydrogens is 568 g/mol. The van der Waals surface area contributed by atoms with Gasteiger partial charge in [0.1, 0.15) is 6.33 Å². The molecule has 0 radical (unpaired) electrons. The summed E-state index contributed by atoms with van der Waals surface area (Å²) in [5, 5.41) is 3.81. The van der Waals surface area contributed by atoms with Gasteiger partial charge in [-0.3, -0.25) is 5.32 Å². The number of amides is 4. The number of rotatable bonds is 3. The average Bonchev–Trinajstić information content (AvgIpc) is 3.59. The number of hydrazine groups is 1. The minimum Gasteiger partial charge on any atom is -0.453 e. The van der Waals surface area contributed by atoms with Crippen molar-refractivity contribution in [1.82, 2.24) is 34.4 Å². The van der Waals surface area contributed by atoms with E-state index in [0.29, 0.717) is 41.3 Å². The molecule has 232 valence electrons. The molecule has 0 saturated heterocycles. The third kappa shape index (κ3) is 5.62. The Morgan fingerprint density at radius 2 is 1.52 bits per heavy atom. The van der Waals surface area contributed by atoms with Gasteiger partial charge in [0.25, 0.3) is 0 Å². The lowest BCUT2D eigenvalue weighted by Crippen LogP contribution is -2.62. The molecule has 0 spiro atoms. The summed E-state index contributed by atoms with van der Waals surface area (Å²) in [6.07, 6.45) is 1.27. The summed E-state index contributed by atoms with van der Waals surface area (Å²) in [5.41, 5.74) is 3.65. The van der Waals surface area contributed by atoms with Gasteiger partial charge in [-0.05, 0) is 55.9 Å². The van der Waals surface area contributed by atoms with E-state index < -0.39 is 35.8 Å². The van der Waals surface area contributed by atoms with Crippen LogP contribution in [0.15, 0.2) is 54.9 Å². The van der Waals surface area contributed by atoms with Crippen LogP contribution in [0.25, 0.3) is 22.1 Å². The van der Waals surface area contributed by atoms with Gasteiger partial charge in [0, 0.05) is 12.6 Å². The molecule has 1 aliphatic carbocycles. The minimum atomic E-state index is -0.815. The molecule has 1 saturated carbocycles. The maximum atomic E-state index is 14.3. The van der Waals surface area contributed by atoms with Gasteiger partial charge in [-0.2, -0.15) is 0 Å². The zero-order valence-electron chi connectivity index (χ0n) is 25.5. The van der Waals surface area contributed by atoms with Gasteiger partial charge in [0.05, 0.1) is 42.3 Å². The highest BCUT2D eigenvalue weighted by Crippen LogP contribution is 2.45. The topological polar surface area (TPSA) is 153 Å². The SMILES string of the molecule is COC(=O)Nc1nc2ccccc2n1C(=O)N(C)C1(C)CC(N(NC(=O)OC)C(=O)n2cnc3ccccc32)CC(C)(C)C1. The predicted octanol–water partition coefficient (Wildman–Crippen LogP) is 5.04. The Bertz CT molecular complexity index is 1750. The Hall–Kier alpha value is -5.14. The first-order valence-electron chi connectivity index (χ1n) is 14.1. The lowest BCUT2D eigenvalue weighted by atomic mass is 9.66. The third-order valence-electron chi connectivity index (χ3n) is 8.20. The maximum absolute atomic E-state index is 14.3. The van der Waals surface area contributed by atoms with E-state index in [1.807, 2.05) is 13.0 Å². The summed E-state index contributed by atoms with van der Waals surface area (Å²) in [7, 11) is 4.13. The summed E-state index contributed by atoms with van der Waals surface area (Å²) >= 11 is 0. The van der Waals surface area contributed by atoms with Gasteiger partial charge in [-0.15, -0.1) is 0 Å². The molecule has 2 aromatic carbocycles. The molecule has 2 atom stereocenters. The number of para-hydroxylation sites is 4. The van der Waals surface area contributed by atoms with Crippen LogP contribution in [0.2, 0.25) is 0 Å². The van der Waals surface area contributed by atoms with Crippen LogP contribution in [0, 0.1) is 5.41 Å². The molecule has 2 aromatic heterocycles. The van der Waals surface area contributed by atoms with E-state index in [1.165, 1.54) is 34.7 Å². The number of nitrogens with zero attached hydrogens (tertiary/aromatic N) is 6. The largest absolute Gasteiger partial charge is 0.453 e. The molecule has 1 fully saturated rings. The predicted molar refractivity (Wildman–Crippen MR) is 162 cm³/mol. The second kappa shape index (κ2) is 11.5. The zero-order chi connectivity index (χ0) is 31.8. The fourth-order valence-corrected chi connectivity index (χ4v) is 6.32. The van der Waals surface area contributed by atoms with Crippen LogP contribution < -0.4 is 10.7 Å². The molecule has 0 aliphatic heterocycles. The highest BCUT2D eigenvalue weighted by Gasteiger charge is 2.49. The third-order valence-corrected chi connectivity index (χ3v) is 8.20. The van der Waals surface area contributed by atoms with Gasteiger partial charge in [0.15, 0.2) is 0 Å². The van der Waals surface area contributed by atoms with Crippen LogP contribution in [0.4, 0.5) is 25.1 Å². The van der Waals surface area contributed by atoms with Crippen LogP contribution in [-0.4, -0.2) is 86.1 Å². The van der Waals surface area contributed by atoms with E-state index in [0.717, 1.165) is 0 Å². The number of ether oxygens (including phenoxy) is 2. The molecule has 4 aromatic rings. The fourth-order valence-electron chi connectivity index (χ4n) is 6.32. The Kier molecular flexibility index (Phi) is 7.93. The molecule has 2 heterocycles. The van der Waals surface area contributed by atoms with E-state index in [-0.39, 0.29) is 11.4 Å². The van der Waals surface area contributed by atoms with Crippen LogP contribution in [0.3, 0.4) is 0 Å². The molecule has 14 heteroatoms. The Morgan fingerprint density at radius 1 is 0.886 bits per heavy atom. The maximum Gasteiger partial charge on any atom is 0.425 e. The highest BCUT2D eigenvalue weighted by molar-refractivity contribution is 5.96. The van der Waals surface area contributed by atoms with E-state index in [1.54, 1.807) is 54.4 Å². The van der Waals surface area contributed by atoms with Gasteiger partial charge >= 0.3 is 24.2 Å². The minimum absolute atomic E-state index is 0.0151. The van der Waals surface area contributed by atoms with E-state index in [4.69, 9.17) is 9.47 Å². The number of fused-ring (bicyclic) bond motifs is 2. The zero-order valence-corrected chi connectivity index (χ0v) is 25.5. The lowest BCUT2D eigenvalue weighted by molar-refractivity contribution is -0.00187. The molecule has 1 aliphatic rings. The van der Waals surface area contributed by atoms with Crippen molar-refractivity contribution in [2.75, 3.05) is 26.6 Å². The first-order chi connectivity index (χ1) is 20.9. The summed E-state index contributed by atoms with van der Waals surface area (Å²) in [6.45, 7) is 6.05.